The van der Waals surface area contributed by atoms with Crippen molar-refractivity contribution in [3.05, 3.63) is 35.9 Å². The number of thiazole rings is 1. The Kier molecular flexibility index (Phi) is 5.05. The maximum atomic E-state index is 12.5. The Morgan fingerprint density at radius 1 is 1.31 bits per heavy atom. The Morgan fingerprint density at radius 3 is 2.90 bits per heavy atom. The first-order valence-electron chi connectivity index (χ1n) is 10.1. The third-order valence-electron chi connectivity index (χ3n) is 5.86. The van der Waals surface area contributed by atoms with Gasteiger partial charge in [-0.05, 0) is 43.2 Å². The predicted octanol–water partition coefficient (Wildman–Crippen LogP) is 3.14. The number of hydrogen-bond donors (Lipinski definition) is 1. The van der Waals surface area contributed by atoms with Crippen LogP contribution in [-0.2, 0) is 11.2 Å². The summed E-state index contributed by atoms with van der Waals surface area (Å²) >= 11 is 1.69. The van der Waals surface area contributed by atoms with E-state index in [-0.39, 0.29) is 11.9 Å². The van der Waals surface area contributed by atoms with Crippen LogP contribution < -0.4 is 10.2 Å². The van der Waals surface area contributed by atoms with Gasteiger partial charge in [-0.25, -0.2) is 4.98 Å². The molecule has 2 bridgehead atoms. The summed E-state index contributed by atoms with van der Waals surface area (Å²) < 4.78 is 10.5. The van der Waals surface area contributed by atoms with Crippen LogP contribution in [0.3, 0.4) is 0 Å². The Bertz CT molecular complexity index is 925. The number of amides is 1. The molecule has 2 aliphatic rings. The Hall–Kier alpha value is -2.68. The van der Waals surface area contributed by atoms with Crippen LogP contribution >= 0.6 is 11.3 Å². The van der Waals surface area contributed by atoms with Gasteiger partial charge >= 0.3 is 0 Å². The molecule has 0 spiro atoms. The molecule has 29 heavy (non-hydrogen) atoms. The van der Waals surface area contributed by atoms with E-state index >= 15 is 0 Å². The van der Waals surface area contributed by atoms with Crippen LogP contribution in [-0.4, -0.2) is 40.2 Å². The highest BCUT2D eigenvalue weighted by molar-refractivity contribution is 7.13. The Labute approximate surface area is 172 Å². The standard InChI is InChI=1S/C20H23N5O3S/c26-16(4-1-5-17-23-19(24-28-17)15-3-2-9-27-15)22-18-13-6-7-14(18)12-25(11-13)20-21-8-10-29-20/h2-3,8-10,13-14,18H,1,4-7,11-12H2,(H,22,26)/t13-,14+,18?. The zero-order valence-electron chi connectivity index (χ0n) is 16.0. The summed E-state index contributed by atoms with van der Waals surface area (Å²) in [5.74, 6) is 2.68. The molecular formula is C20H23N5O3S. The molecule has 0 radical (unpaired) electrons. The molecule has 1 unspecified atom stereocenters. The van der Waals surface area contributed by atoms with Crippen LogP contribution in [0.5, 0.6) is 0 Å². The van der Waals surface area contributed by atoms with Gasteiger partial charge in [-0.2, -0.15) is 4.98 Å². The third kappa shape index (κ3) is 3.91. The quantitative estimate of drug-likeness (QED) is 0.635. The average Bonchev–Trinajstić information content (AvgIpc) is 3.49. The molecule has 1 aliphatic heterocycles. The van der Waals surface area contributed by atoms with Gasteiger partial charge in [-0.1, -0.05) is 5.16 Å². The predicted molar refractivity (Wildman–Crippen MR) is 107 cm³/mol. The molecule has 9 heteroatoms. The lowest BCUT2D eigenvalue weighted by Gasteiger charge is -2.38. The summed E-state index contributed by atoms with van der Waals surface area (Å²) in [6.07, 6.45) is 7.51. The highest BCUT2D eigenvalue weighted by Gasteiger charge is 2.43. The van der Waals surface area contributed by atoms with Gasteiger partial charge < -0.3 is 19.2 Å². The van der Waals surface area contributed by atoms with Crippen molar-refractivity contribution in [2.24, 2.45) is 11.8 Å². The average molecular weight is 414 g/mol. The summed E-state index contributed by atoms with van der Waals surface area (Å²) in [6.45, 7) is 1.96. The second-order valence-electron chi connectivity index (χ2n) is 7.75. The molecule has 3 atom stereocenters. The third-order valence-corrected chi connectivity index (χ3v) is 6.69. The zero-order chi connectivity index (χ0) is 19.6. The van der Waals surface area contributed by atoms with Crippen LogP contribution in [0.2, 0.25) is 0 Å². The molecule has 3 aromatic rings. The smallest absolute Gasteiger partial charge is 0.238 e. The number of carbonyl (C=O) groups excluding carboxylic acids is 1. The summed E-state index contributed by atoms with van der Waals surface area (Å²) in [7, 11) is 0. The van der Waals surface area contributed by atoms with E-state index in [2.05, 4.69) is 25.3 Å². The normalized spacial score (nSPS) is 23.4. The topological polar surface area (TPSA) is 97.3 Å². The molecule has 1 N–H and O–H groups in total. The number of rotatable bonds is 7. The zero-order valence-corrected chi connectivity index (χ0v) is 16.8. The van der Waals surface area contributed by atoms with E-state index in [0.717, 1.165) is 18.2 Å². The second-order valence-corrected chi connectivity index (χ2v) is 8.63. The van der Waals surface area contributed by atoms with Crippen molar-refractivity contribution in [3.8, 4) is 11.6 Å². The first kappa shape index (κ1) is 18.4. The number of nitrogens with zero attached hydrogens (tertiary/aromatic N) is 4. The van der Waals surface area contributed by atoms with Crippen molar-refractivity contribution in [3.63, 3.8) is 0 Å². The highest BCUT2D eigenvalue weighted by atomic mass is 32.1. The number of piperidine rings is 1. The van der Waals surface area contributed by atoms with Crippen molar-refractivity contribution in [1.82, 2.24) is 20.4 Å². The number of nitrogens with one attached hydrogen (secondary N) is 1. The van der Waals surface area contributed by atoms with E-state index in [1.54, 1.807) is 29.7 Å². The van der Waals surface area contributed by atoms with E-state index in [0.29, 0.717) is 48.6 Å². The van der Waals surface area contributed by atoms with Gasteiger partial charge in [0, 0.05) is 43.5 Å². The second kappa shape index (κ2) is 7.98. The number of hydrogen-bond acceptors (Lipinski definition) is 8. The van der Waals surface area contributed by atoms with Crippen molar-refractivity contribution in [2.45, 2.75) is 38.1 Å². The van der Waals surface area contributed by atoms with E-state index in [1.807, 2.05) is 11.6 Å². The lowest BCUT2D eigenvalue weighted by atomic mass is 9.92. The van der Waals surface area contributed by atoms with E-state index in [1.165, 1.54) is 12.8 Å². The summed E-state index contributed by atoms with van der Waals surface area (Å²) in [5, 5.41) is 10.3. The largest absolute Gasteiger partial charge is 0.461 e. The summed E-state index contributed by atoms with van der Waals surface area (Å²) in [5.41, 5.74) is 0. The Balaban J connectivity index is 1.10. The van der Waals surface area contributed by atoms with Gasteiger partial charge in [0.1, 0.15) is 0 Å². The molecular weight excluding hydrogens is 390 g/mol. The fourth-order valence-corrected chi connectivity index (χ4v) is 5.17. The number of fused-ring (bicyclic) bond motifs is 2. The number of aromatic nitrogens is 3. The van der Waals surface area contributed by atoms with E-state index < -0.39 is 0 Å². The van der Waals surface area contributed by atoms with Gasteiger partial charge in [0.25, 0.3) is 0 Å². The Morgan fingerprint density at radius 2 is 2.17 bits per heavy atom. The van der Waals surface area contributed by atoms with Crippen LogP contribution in [0.15, 0.2) is 38.9 Å². The van der Waals surface area contributed by atoms with Crippen LogP contribution in [0.4, 0.5) is 5.13 Å². The minimum absolute atomic E-state index is 0.111. The lowest BCUT2D eigenvalue weighted by molar-refractivity contribution is -0.122. The fraction of sp³-hybridized carbons (Fsp3) is 0.500. The van der Waals surface area contributed by atoms with Gasteiger partial charge in [0.05, 0.1) is 6.26 Å². The van der Waals surface area contributed by atoms with Crippen molar-refractivity contribution in [2.75, 3.05) is 18.0 Å². The molecule has 152 valence electrons. The van der Waals surface area contributed by atoms with Gasteiger partial charge in [-0.15, -0.1) is 11.3 Å². The molecule has 1 saturated carbocycles. The molecule has 5 rings (SSSR count). The van der Waals surface area contributed by atoms with Gasteiger partial charge in [-0.3, -0.25) is 4.79 Å². The first-order chi connectivity index (χ1) is 14.3. The lowest BCUT2D eigenvalue weighted by Crippen LogP contribution is -2.52. The monoisotopic (exact) mass is 413 g/mol. The van der Waals surface area contributed by atoms with Gasteiger partial charge in [0.15, 0.2) is 10.9 Å². The van der Waals surface area contributed by atoms with Crippen molar-refractivity contribution >= 4 is 22.4 Å². The van der Waals surface area contributed by atoms with Crippen LogP contribution in [0.1, 0.15) is 31.6 Å². The highest BCUT2D eigenvalue weighted by Crippen LogP contribution is 2.39. The number of anilines is 1. The molecule has 3 aromatic heterocycles. The minimum Gasteiger partial charge on any atom is -0.461 e. The molecule has 1 saturated heterocycles. The maximum Gasteiger partial charge on any atom is 0.238 e. The van der Waals surface area contributed by atoms with Crippen LogP contribution in [0.25, 0.3) is 11.6 Å². The van der Waals surface area contributed by atoms with Gasteiger partial charge in [0.2, 0.25) is 17.6 Å². The maximum absolute atomic E-state index is 12.5. The molecule has 2 fully saturated rings. The minimum atomic E-state index is 0.111. The number of aryl methyl sites for hydroxylation is 1. The number of carbonyl (C=O) groups is 1. The molecule has 1 amide bonds. The summed E-state index contributed by atoms with van der Waals surface area (Å²) in [6, 6.07) is 3.85. The summed E-state index contributed by atoms with van der Waals surface area (Å²) in [4.78, 5) is 23.6. The van der Waals surface area contributed by atoms with Crippen LogP contribution in [0, 0.1) is 11.8 Å². The molecule has 4 heterocycles. The first-order valence-corrected chi connectivity index (χ1v) is 10.9. The number of furan rings is 1. The molecule has 0 aromatic carbocycles. The molecule has 8 nitrogen and oxygen atoms in total. The van der Waals surface area contributed by atoms with Crippen molar-refractivity contribution in [1.29, 1.82) is 0 Å². The van der Waals surface area contributed by atoms with Crippen molar-refractivity contribution < 1.29 is 13.7 Å². The van der Waals surface area contributed by atoms with E-state index in [9.17, 15) is 4.79 Å². The fourth-order valence-electron chi connectivity index (χ4n) is 4.51. The molecule has 1 aliphatic carbocycles. The van der Waals surface area contributed by atoms with E-state index in [4.69, 9.17) is 8.94 Å². The SMILES string of the molecule is O=C(CCCc1nc(-c2ccco2)no1)NC1[C@@H]2CC[C@H]1CN(c1nccs1)C2.